The van der Waals surface area contributed by atoms with E-state index in [0.29, 0.717) is 9.26 Å². The van der Waals surface area contributed by atoms with Gasteiger partial charge in [-0.2, -0.15) is 0 Å². The van der Waals surface area contributed by atoms with E-state index in [1.54, 1.807) is 13.8 Å². The number of hydrogen-bond donors (Lipinski definition) is 3. The lowest BCUT2D eigenvalue weighted by atomic mass is 9.94. The second-order valence-corrected chi connectivity index (χ2v) is 5.52. The minimum absolute atomic E-state index is 0.131. The molecule has 1 amide bonds. The van der Waals surface area contributed by atoms with Crippen molar-refractivity contribution in [1.82, 2.24) is 0 Å². The van der Waals surface area contributed by atoms with Crippen LogP contribution in [0.15, 0.2) is 23.4 Å². The Labute approximate surface area is 124 Å². The monoisotopic (exact) mass is 379 g/mol. The molecule has 7 heteroatoms. The van der Waals surface area contributed by atoms with E-state index in [0.717, 1.165) is 0 Å². The van der Waals surface area contributed by atoms with E-state index in [-0.39, 0.29) is 17.6 Å². The molecule has 0 fully saturated rings. The molecule has 0 aromatic heterocycles. The summed E-state index contributed by atoms with van der Waals surface area (Å²) >= 11 is 1.92. The fourth-order valence-electron chi connectivity index (χ4n) is 1.64. The number of nitrogens with zero attached hydrogens (tertiary/aromatic N) is 1. The maximum absolute atomic E-state index is 13.0. The van der Waals surface area contributed by atoms with Crippen molar-refractivity contribution in [3.05, 3.63) is 27.6 Å². The molecule has 0 heterocycles. The summed E-state index contributed by atoms with van der Waals surface area (Å²) < 4.78 is 13.5. The van der Waals surface area contributed by atoms with Gasteiger partial charge in [-0.1, -0.05) is 19.0 Å². The van der Waals surface area contributed by atoms with Gasteiger partial charge in [0.1, 0.15) is 11.7 Å². The highest BCUT2D eigenvalue weighted by Crippen LogP contribution is 2.21. The average molecular weight is 379 g/mol. The van der Waals surface area contributed by atoms with Gasteiger partial charge in [0.2, 0.25) is 5.91 Å². The van der Waals surface area contributed by atoms with Crippen molar-refractivity contribution in [2.45, 2.75) is 13.8 Å². The number of amidine groups is 1. The zero-order valence-electron chi connectivity index (χ0n) is 10.5. The first-order valence-electron chi connectivity index (χ1n) is 5.60. The third kappa shape index (κ3) is 4.05. The summed E-state index contributed by atoms with van der Waals surface area (Å²) in [7, 11) is 0. The second-order valence-electron chi connectivity index (χ2n) is 4.36. The van der Waals surface area contributed by atoms with Crippen molar-refractivity contribution in [3.8, 4) is 0 Å². The van der Waals surface area contributed by atoms with E-state index in [9.17, 15) is 9.18 Å². The first kappa shape index (κ1) is 15.7. The van der Waals surface area contributed by atoms with Crippen molar-refractivity contribution in [1.29, 1.82) is 0 Å². The first-order chi connectivity index (χ1) is 8.86. The molecule has 1 atom stereocenters. The zero-order valence-corrected chi connectivity index (χ0v) is 12.7. The normalized spacial score (nSPS) is 13.4. The molecule has 0 spiro atoms. The van der Waals surface area contributed by atoms with Crippen LogP contribution in [0.2, 0.25) is 0 Å². The van der Waals surface area contributed by atoms with Crippen molar-refractivity contribution < 1.29 is 14.4 Å². The van der Waals surface area contributed by atoms with E-state index in [1.165, 1.54) is 18.2 Å². The Kier molecular flexibility index (Phi) is 5.52. The van der Waals surface area contributed by atoms with Gasteiger partial charge in [0.25, 0.3) is 0 Å². The molecule has 0 aliphatic rings. The number of oxime groups is 1. The van der Waals surface area contributed by atoms with Crippen LogP contribution in [0, 0.1) is 21.2 Å². The fraction of sp³-hybridized carbons (Fsp3) is 0.333. The van der Waals surface area contributed by atoms with Gasteiger partial charge in [0, 0.05) is 3.57 Å². The van der Waals surface area contributed by atoms with E-state index in [4.69, 9.17) is 10.9 Å². The van der Waals surface area contributed by atoms with Gasteiger partial charge in [0.05, 0.1) is 5.69 Å². The molecule has 1 rings (SSSR count). The zero-order chi connectivity index (χ0) is 14.6. The molecule has 0 bridgehead atoms. The number of benzene rings is 1. The van der Waals surface area contributed by atoms with E-state index in [1.807, 2.05) is 22.6 Å². The summed E-state index contributed by atoms with van der Waals surface area (Å²) in [6, 6.07) is 4.04. The Hall–Kier alpha value is -1.38. The number of carbonyl (C=O) groups is 1. The topological polar surface area (TPSA) is 87.7 Å². The highest BCUT2D eigenvalue weighted by atomic mass is 127. The molecule has 1 aromatic rings. The van der Waals surface area contributed by atoms with E-state index >= 15 is 0 Å². The van der Waals surface area contributed by atoms with Crippen LogP contribution >= 0.6 is 22.6 Å². The number of rotatable bonds is 4. The van der Waals surface area contributed by atoms with E-state index in [2.05, 4.69) is 10.5 Å². The van der Waals surface area contributed by atoms with Gasteiger partial charge < -0.3 is 16.3 Å². The standard InChI is InChI=1S/C12H15FIN3O2/c1-6(2)10(11(15)17-19)12(18)16-9-4-3-7(13)5-8(9)14/h3-6,10,19H,1-2H3,(H2,15,17)(H,16,18). The van der Waals surface area contributed by atoms with Crippen molar-refractivity contribution in [2.24, 2.45) is 22.7 Å². The fourth-order valence-corrected chi connectivity index (χ4v) is 2.25. The lowest BCUT2D eigenvalue weighted by Gasteiger charge is -2.19. The number of halogens is 2. The van der Waals surface area contributed by atoms with Crippen LogP contribution < -0.4 is 11.1 Å². The van der Waals surface area contributed by atoms with Crippen LogP contribution in [0.4, 0.5) is 10.1 Å². The molecule has 5 nitrogen and oxygen atoms in total. The van der Waals surface area contributed by atoms with Crippen molar-refractivity contribution >= 4 is 40.0 Å². The largest absolute Gasteiger partial charge is 0.409 e. The Bertz CT molecular complexity index is 506. The van der Waals surface area contributed by atoms with Gasteiger partial charge in [-0.3, -0.25) is 4.79 Å². The summed E-state index contributed by atoms with van der Waals surface area (Å²) in [6.07, 6.45) is 0. The maximum atomic E-state index is 13.0. The predicted octanol–water partition coefficient (Wildman–Crippen LogP) is 2.39. The van der Waals surface area contributed by atoms with Gasteiger partial charge in [-0.15, -0.1) is 0 Å². The van der Waals surface area contributed by atoms with Gasteiger partial charge in [-0.25, -0.2) is 4.39 Å². The lowest BCUT2D eigenvalue weighted by Crippen LogP contribution is -2.38. The highest BCUT2D eigenvalue weighted by Gasteiger charge is 2.27. The SMILES string of the molecule is CC(C)C(C(=O)Nc1ccc(F)cc1I)C(N)=NO. The number of anilines is 1. The number of carbonyl (C=O) groups excluding carboxylic acids is 1. The molecular formula is C12H15FIN3O2. The number of amides is 1. The molecule has 0 saturated heterocycles. The van der Waals surface area contributed by atoms with Crippen LogP contribution in [0.3, 0.4) is 0 Å². The Morgan fingerprint density at radius 3 is 2.63 bits per heavy atom. The third-order valence-electron chi connectivity index (χ3n) is 2.57. The molecule has 1 aromatic carbocycles. The number of hydrogen-bond acceptors (Lipinski definition) is 3. The minimum atomic E-state index is -0.745. The minimum Gasteiger partial charge on any atom is -0.409 e. The summed E-state index contributed by atoms with van der Waals surface area (Å²) in [5, 5.41) is 14.2. The molecule has 0 aliphatic carbocycles. The van der Waals surface area contributed by atoms with Gasteiger partial charge >= 0.3 is 0 Å². The number of nitrogens with one attached hydrogen (secondary N) is 1. The first-order valence-corrected chi connectivity index (χ1v) is 6.68. The average Bonchev–Trinajstić information content (AvgIpc) is 2.32. The van der Waals surface area contributed by atoms with Crippen LogP contribution in [-0.2, 0) is 4.79 Å². The second kappa shape index (κ2) is 6.69. The van der Waals surface area contributed by atoms with Crippen LogP contribution in [0.25, 0.3) is 0 Å². The molecule has 4 N–H and O–H groups in total. The van der Waals surface area contributed by atoms with E-state index < -0.39 is 11.8 Å². The van der Waals surface area contributed by atoms with Gasteiger partial charge in [0.15, 0.2) is 5.84 Å². The summed E-state index contributed by atoms with van der Waals surface area (Å²) in [5.41, 5.74) is 6.00. The molecular weight excluding hydrogens is 364 g/mol. The third-order valence-corrected chi connectivity index (χ3v) is 3.46. The predicted molar refractivity (Wildman–Crippen MR) is 79.5 cm³/mol. The highest BCUT2D eigenvalue weighted by molar-refractivity contribution is 14.1. The smallest absolute Gasteiger partial charge is 0.235 e. The molecule has 0 aliphatic heterocycles. The summed E-state index contributed by atoms with van der Waals surface area (Å²) in [6.45, 7) is 3.58. The van der Waals surface area contributed by atoms with Crippen LogP contribution in [0.1, 0.15) is 13.8 Å². The quantitative estimate of drug-likeness (QED) is 0.247. The van der Waals surface area contributed by atoms with Crippen molar-refractivity contribution in [3.63, 3.8) is 0 Å². The Balaban J connectivity index is 2.94. The lowest BCUT2D eigenvalue weighted by molar-refractivity contribution is -0.119. The van der Waals surface area contributed by atoms with Crippen LogP contribution in [-0.4, -0.2) is 17.0 Å². The Morgan fingerprint density at radius 2 is 2.16 bits per heavy atom. The summed E-state index contributed by atoms with van der Waals surface area (Å²) in [4.78, 5) is 12.1. The number of nitrogens with two attached hydrogens (primary N) is 1. The molecule has 0 saturated carbocycles. The summed E-state index contributed by atoms with van der Waals surface area (Å²) in [5.74, 6) is -1.79. The van der Waals surface area contributed by atoms with Gasteiger partial charge in [-0.05, 0) is 46.7 Å². The van der Waals surface area contributed by atoms with Crippen LogP contribution in [0.5, 0.6) is 0 Å². The Morgan fingerprint density at radius 1 is 1.53 bits per heavy atom. The molecule has 19 heavy (non-hydrogen) atoms. The van der Waals surface area contributed by atoms with Crippen molar-refractivity contribution in [2.75, 3.05) is 5.32 Å². The molecule has 1 unspecified atom stereocenters. The maximum Gasteiger partial charge on any atom is 0.235 e. The molecule has 0 radical (unpaired) electrons. The molecule has 104 valence electrons.